The van der Waals surface area contributed by atoms with Crippen LogP contribution >= 0.6 is 11.8 Å². The fraction of sp³-hybridized carbons (Fsp3) is 0.875. The number of urea groups is 1. The first-order chi connectivity index (χ1) is 10.6. The van der Waals surface area contributed by atoms with Crippen molar-refractivity contribution in [2.45, 2.75) is 57.2 Å². The second kappa shape index (κ2) is 8.65. The molecular formula is C16H29N3O2S. The van der Waals surface area contributed by atoms with E-state index in [2.05, 4.69) is 12.2 Å². The van der Waals surface area contributed by atoms with Crippen LogP contribution in [-0.2, 0) is 4.79 Å². The van der Waals surface area contributed by atoms with Crippen molar-refractivity contribution in [1.29, 1.82) is 0 Å². The third-order valence-electron chi connectivity index (χ3n) is 4.58. The Morgan fingerprint density at radius 3 is 2.55 bits per heavy atom. The Balaban J connectivity index is 1.80. The van der Waals surface area contributed by atoms with Gasteiger partial charge in [-0.05, 0) is 31.4 Å². The summed E-state index contributed by atoms with van der Waals surface area (Å²) in [4.78, 5) is 27.6. The zero-order chi connectivity index (χ0) is 15.9. The highest BCUT2D eigenvalue weighted by atomic mass is 32.2. The quantitative estimate of drug-likeness (QED) is 0.865. The fourth-order valence-corrected chi connectivity index (χ4v) is 4.54. The van der Waals surface area contributed by atoms with Crippen LogP contribution < -0.4 is 5.32 Å². The highest BCUT2D eigenvalue weighted by Gasteiger charge is 2.26. The largest absolute Gasteiger partial charge is 0.341 e. The highest BCUT2D eigenvalue weighted by Crippen LogP contribution is 2.28. The van der Waals surface area contributed by atoms with Crippen molar-refractivity contribution in [2.24, 2.45) is 0 Å². The molecule has 1 N–H and O–H groups in total. The van der Waals surface area contributed by atoms with E-state index in [4.69, 9.17) is 0 Å². The van der Waals surface area contributed by atoms with Gasteiger partial charge in [-0.2, -0.15) is 11.8 Å². The first-order valence-electron chi connectivity index (χ1n) is 8.52. The van der Waals surface area contributed by atoms with Crippen molar-refractivity contribution in [2.75, 3.05) is 31.9 Å². The molecule has 0 spiro atoms. The maximum absolute atomic E-state index is 12.5. The van der Waals surface area contributed by atoms with Crippen LogP contribution in [0, 0.1) is 0 Å². The molecule has 126 valence electrons. The molecule has 0 radical (unpaired) electrons. The number of hydrogen-bond acceptors (Lipinski definition) is 3. The molecule has 0 aromatic heterocycles. The Morgan fingerprint density at radius 1 is 1.09 bits per heavy atom. The zero-order valence-electron chi connectivity index (χ0n) is 13.8. The van der Waals surface area contributed by atoms with E-state index in [0.29, 0.717) is 24.4 Å². The topological polar surface area (TPSA) is 52.7 Å². The minimum absolute atomic E-state index is 0.0533. The van der Waals surface area contributed by atoms with Gasteiger partial charge in [0.05, 0.1) is 0 Å². The molecule has 5 nitrogen and oxygen atoms in total. The van der Waals surface area contributed by atoms with E-state index in [1.807, 2.05) is 21.6 Å². The molecule has 3 amide bonds. The van der Waals surface area contributed by atoms with Gasteiger partial charge in [-0.25, -0.2) is 4.79 Å². The van der Waals surface area contributed by atoms with E-state index in [1.165, 1.54) is 12.8 Å². The second-order valence-electron chi connectivity index (χ2n) is 6.24. The van der Waals surface area contributed by atoms with Gasteiger partial charge in [-0.15, -0.1) is 0 Å². The molecule has 6 heteroatoms. The zero-order valence-corrected chi connectivity index (χ0v) is 14.7. The number of amides is 3. The van der Waals surface area contributed by atoms with Gasteiger partial charge in [-0.3, -0.25) is 4.79 Å². The Kier molecular flexibility index (Phi) is 6.86. The maximum Gasteiger partial charge on any atom is 0.317 e. The van der Waals surface area contributed by atoms with Crippen LogP contribution in [0.15, 0.2) is 0 Å². The number of carbonyl (C=O) groups is 2. The van der Waals surface area contributed by atoms with E-state index >= 15 is 0 Å². The lowest BCUT2D eigenvalue weighted by Crippen LogP contribution is -2.47. The summed E-state index contributed by atoms with van der Waals surface area (Å²) in [6.07, 6.45) is 5.55. The molecule has 2 fully saturated rings. The third-order valence-corrected chi connectivity index (χ3v) is 5.82. The normalized spacial score (nSPS) is 26.5. The monoisotopic (exact) mass is 327 g/mol. The molecule has 0 bridgehead atoms. The van der Waals surface area contributed by atoms with E-state index in [-0.39, 0.29) is 11.9 Å². The number of nitrogens with zero attached hydrogens (tertiary/aromatic N) is 2. The van der Waals surface area contributed by atoms with E-state index in [0.717, 1.165) is 38.1 Å². The fourth-order valence-electron chi connectivity index (χ4n) is 3.36. The average Bonchev–Trinajstić information content (AvgIpc) is 2.74. The molecule has 0 aromatic carbocycles. The van der Waals surface area contributed by atoms with Crippen LogP contribution in [0.2, 0.25) is 0 Å². The predicted molar refractivity (Wildman–Crippen MR) is 91.2 cm³/mol. The number of hydrogen-bond donors (Lipinski definition) is 1. The smallest absolute Gasteiger partial charge is 0.317 e. The van der Waals surface area contributed by atoms with Crippen LogP contribution in [0.3, 0.4) is 0 Å². The summed E-state index contributed by atoms with van der Waals surface area (Å²) in [5.41, 5.74) is 0. The van der Waals surface area contributed by atoms with Crippen LogP contribution in [0.25, 0.3) is 0 Å². The summed E-state index contributed by atoms with van der Waals surface area (Å²) < 4.78 is 0. The van der Waals surface area contributed by atoms with Gasteiger partial charge in [0.25, 0.3) is 0 Å². The van der Waals surface area contributed by atoms with Crippen molar-refractivity contribution in [1.82, 2.24) is 15.1 Å². The summed E-state index contributed by atoms with van der Waals surface area (Å²) in [5, 5.41) is 3.91. The van der Waals surface area contributed by atoms with Crippen molar-refractivity contribution < 1.29 is 9.59 Å². The highest BCUT2D eigenvalue weighted by molar-refractivity contribution is 7.99. The number of carbonyl (C=O) groups excluding carboxylic acids is 2. The number of rotatable bonds is 3. The van der Waals surface area contributed by atoms with Gasteiger partial charge in [0.2, 0.25) is 5.91 Å². The Hall–Kier alpha value is -0.910. The molecule has 2 aliphatic rings. The molecule has 1 aliphatic carbocycles. The standard InChI is InChI=1S/C16H29N3O2S/c1-3-22-15-7-4-6-14(12-15)17-16(21)19-9-5-8-18(10-11-19)13(2)20/h14-15H,3-12H2,1-2H3,(H,17,21)/t14-,15-/m0/s1. The molecule has 1 aliphatic heterocycles. The van der Waals surface area contributed by atoms with Gasteiger partial charge in [-0.1, -0.05) is 13.3 Å². The molecule has 1 heterocycles. The van der Waals surface area contributed by atoms with Crippen molar-refractivity contribution >= 4 is 23.7 Å². The van der Waals surface area contributed by atoms with E-state index in [9.17, 15) is 9.59 Å². The molecule has 1 saturated carbocycles. The summed E-state index contributed by atoms with van der Waals surface area (Å²) >= 11 is 2.02. The molecule has 0 aromatic rings. The lowest BCUT2D eigenvalue weighted by atomic mass is 9.95. The van der Waals surface area contributed by atoms with E-state index < -0.39 is 0 Å². The first-order valence-corrected chi connectivity index (χ1v) is 9.57. The Labute approximate surface area is 138 Å². The summed E-state index contributed by atoms with van der Waals surface area (Å²) in [5.74, 6) is 1.26. The van der Waals surface area contributed by atoms with E-state index in [1.54, 1.807) is 6.92 Å². The van der Waals surface area contributed by atoms with Crippen LogP contribution in [0.4, 0.5) is 4.79 Å². The van der Waals surface area contributed by atoms with Gasteiger partial charge >= 0.3 is 6.03 Å². The molecule has 2 rings (SSSR count). The van der Waals surface area contributed by atoms with Crippen LogP contribution in [0.1, 0.15) is 46.0 Å². The van der Waals surface area contributed by atoms with Gasteiger partial charge in [0, 0.05) is 44.4 Å². The molecule has 2 atom stereocenters. The van der Waals surface area contributed by atoms with Crippen molar-refractivity contribution in [3.05, 3.63) is 0 Å². The minimum Gasteiger partial charge on any atom is -0.341 e. The molecular weight excluding hydrogens is 298 g/mol. The Bertz CT molecular complexity index is 390. The predicted octanol–water partition coefficient (Wildman–Crippen LogP) is 2.31. The van der Waals surface area contributed by atoms with Crippen LogP contribution in [-0.4, -0.2) is 65.0 Å². The third kappa shape index (κ3) is 5.07. The van der Waals surface area contributed by atoms with Crippen LogP contribution in [0.5, 0.6) is 0 Å². The molecule has 22 heavy (non-hydrogen) atoms. The van der Waals surface area contributed by atoms with Gasteiger partial charge in [0.15, 0.2) is 0 Å². The number of nitrogens with one attached hydrogen (secondary N) is 1. The lowest BCUT2D eigenvalue weighted by Gasteiger charge is -2.31. The lowest BCUT2D eigenvalue weighted by molar-refractivity contribution is -0.128. The summed E-state index contributed by atoms with van der Waals surface area (Å²) in [7, 11) is 0. The average molecular weight is 327 g/mol. The van der Waals surface area contributed by atoms with Crippen molar-refractivity contribution in [3.63, 3.8) is 0 Å². The minimum atomic E-state index is 0.0533. The SMILES string of the molecule is CCS[C@H]1CCC[C@H](NC(=O)N2CCCN(C(C)=O)CC2)C1. The first kappa shape index (κ1) is 17.4. The molecule has 0 unspecified atom stereocenters. The van der Waals surface area contributed by atoms with Gasteiger partial charge < -0.3 is 15.1 Å². The second-order valence-corrected chi connectivity index (χ2v) is 7.81. The maximum atomic E-state index is 12.5. The number of thioether (sulfide) groups is 1. The molecule has 1 saturated heterocycles. The van der Waals surface area contributed by atoms with Gasteiger partial charge in [0.1, 0.15) is 0 Å². The summed E-state index contributed by atoms with van der Waals surface area (Å²) in [6.45, 7) is 6.61. The summed E-state index contributed by atoms with van der Waals surface area (Å²) in [6, 6.07) is 0.370. The Morgan fingerprint density at radius 2 is 1.82 bits per heavy atom. The van der Waals surface area contributed by atoms with Crippen molar-refractivity contribution in [3.8, 4) is 0 Å².